The van der Waals surface area contributed by atoms with Gasteiger partial charge in [-0.25, -0.2) is 4.79 Å². The number of aromatic carboxylic acids is 1. The zero-order valence-corrected chi connectivity index (χ0v) is 20.5. The zero-order chi connectivity index (χ0) is 25.4. The number of benzene rings is 2. The molecule has 0 radical (unpaired) electrons. The van der Waals surface area contributed by atoms with Gasteiger partial charge in [0.15, 0.2) is 11.5 Å². The van der Waals surface area contributed by atoms with Gasteiger partial charge in [-0.2, -0.15) is 0 Å². The molecule has 1 atom stereocenters. The number of carbonyl (C=O) groups excluding carboxylic acids is 2. The summed E-state index contributed by atoms with van der Waals surface area (Å²) in [6, 6.07) is 11.1. The summed E-state index contributed by atoms with van der Waals surface area (Å²) in [6.45, 7) is 0.274. The Kier molecular flexibility index (Phi) is 6.24. The van der Waals surface area contributed by atoms with Crippen molar-refractivity contribution in [1.82, 2.24) is 5.32 Å². The van der Waals surface area contributed by atoms with Crippen LogP contribution in [-0.4, -0.2) is 37.1 Å². The highest BCUT2D eigenvalue weighted by Gasteiger charge is 2.42. The van der Waals surface area contributed by atoms with Gasteiger partial charge in [0.2, 0.25) is 0 Å². The third kappa shape index (κ3) is 4.11. The molecule has 5 rings (SSSR count). The normalized spacial score (nSPS) is 15.2. The first kappa shape index (κ1) is 23.6. The van der Waals surface area contributed by atoms with E-state index in [1.165, 1.54) is 41.2 Å². The van der Waals surface area contributed by atoms with Gasteiger partial charge in [-0.05, 0) is 60.4 Å². The first-order valence-corrected chi connectivity index (χ1v) is 12.2. The molecule has 1 heterocycles. The first-order valence-electron chi connectivity index (χ1n) is 11.4. The van der Waals surface area contributed by atoms with Crippen molar-refractivity contribution in [2.75, 3.05) is 19.5 Å². The van der Waals surface area contributed by atoms with Gasteiger partial charge in [0.05, 0.1) is 25.3 Å². The van der Waals surface area contributed by atoms with Gasteiger partial charge < -0.3 is 25.2 Å². The van der Waals surface area contributed by atoms with Crippen molar-refractivity contribution in [2.45, 2.75) is 25.3 Å². The van der Waals surface area contributed by atoms with Crippen LogP contribution in [0.2, 0.25) is 0 Å². The minimum Gasteiger partial charge on any atom is -0.493 e. The molecule has 9 heteroatoms. The Morgan fingerprint density at radius 2 is 1.72 bits per heavy atom. The van der Waals surface area contributed by atoms with E-state index in [0.717, 1.165) is 28.8 Å². The Morgan fingerprint density at radius 3 is 2.42 bits per heavy atom. The molecule has 0 bridgehead atoms. The fraction of sp³-hybridized carbons (Fsp3) is 0.222. The molecule has 0 spiro atoms. The highest BCUT2D eigenvalue weighted by atomic mass is 32.1. The molecular weight excluding hydrogens is 480 g/mol. The summed E-state index contributed by atoms with van der Waals surface area (Å²) in [6.07, 6.45) is 4.16. The largest absolute Gasteiger partial charge is 0.493 e. The lowest BCUT2D eigenvalue weighted by atomic mass is 9.79. The summed E-state index contributed by atoms with van der Waals surface area (Å²) in [5.41, 5.74) is 3.81. The Morgan fingerprint density at radius 1 is 1.00 bits per heavy atom. The number of rotatable bonds is 8. The lowest BCUT2D eigenvalue weighted by Crippen LogP contribution is -2.26. The van der Waals surface area contributed by atoms with E-state index in [2.05, 4.69) is 16.7 Å². The summed E-state index contributed by atoms with van der Waals surface area (Å²) in [5.74, 6) is -0.236. The van der Waals surface area contributed by atoms with Crippen molar-refractivity contribution in [2.24, 2.45) is 0 Å². The Labute approximate surface area is 211 Å². The van der Waals surface area contributed by atoms with E-state index in [4.69, 9.17) is 14.6 Å². The molecule has 3 N–H and O–H groups in total. The van der Waals surface area contributed by atoms with Crippen molar-refractivity contribution in [1.29, 1.82) is 0 Å². The van der Waals surface area contributed by atoms with Crippen LogP contribution in [0.4, 0.5) is 5.00 Å². The number of methoxy groups -OCH3 is 2. The van der Waals surface area contributed by atoms with Crippen LogP contribution in [0.5, 0.6) is 11.5 Å². The smallest absolute Gasteiger partial charge is 0.335 e. The zero-order valence-electron chi connectivity index (χ0n) is 19.7. The number of hydrogen-bond donors (Lipinski definition) is 3. The SMILES string of the molecule is COc1ccc(CNC(=O)c2c(NC(=O)c3ccc(C(=O)O)cc3)sc3c2C2=CCCC23)cc1OC. The lowest BCUT2D eigenvalue weighted by Gasteiger charge is -2.26. The van der Waals surface area contributed by atoms with E-state index in [9.17, 15) is 14.4 Å². The number of fused-ring (bicyclic) bond motifs is 4. The molecule has 184 valence electrons. The van der Waals surface area contributed by atoms with Crippen LogP contribution < -0.4 is 20.1 Å². The van der Waals surface area contributed by atoms with Crippen LogP contribution in [-0.2, 0) is 6.54 Å². The second-order valence-corrected chi connectivity index (χ2v) is 9.60. The number of anilines is 1. The standard InChI is InChI=1S/C27H24N2O6S/c1-34-19-11-6-14(12-20(19)35-2)13-28-25(31)22-21-17-4-3-5-18(17)23(21)36-26(22)29-24(30)15-7-9-16(10-8-15)27(32)33/h4,6-12,18H,3,5,13H2,1-2H3,(H,28,31)(H,29,30)(H,32,33). The van der Waals surface area contributed by atoms with Gasteiger partial charge in [-0.3, -0.25) is 9.59 Å². The Balaban J connectivity index is 1.39. The van der Waals surface area contributed by atoms with Crippen LogP contribution >= 0.6 is 11.3 Å². The molecule has 2 aliphatic rings. The van der Waals surface area contributed by atoms with E-state index in [1.54, 1.807) is 20.3 Å². The fourth-order valence-electron chi connectivity index (χ4n) is 4.66. The third-order valence-corrected chi connectivity index (χ3v) is 7.70. The average molecular weight is 505 g/mol. The number of amides is 2. The van der Waals surface area contributed by atoms with Crippen molar-refractivity contribution in [3.63, 3.8) is 0 Å². The maximum Gasteiger partial charge on any atom is 0.335 e. The molecule has 8 nitrogen and oxygen atoms in total. The number of carboxylic acids is 1. The first-order chi connectivity index (χ1) is 17.4. The second-order valence-electron chi connectivity index (χ2n) is 8.54. The summed E-state index contributed by atoms with van der Waals surface area (Å²) in [7, 11) is 3.12. The van der Waals surface area contributed by atoms with Crippen LogP contribution in [0.15, 0.2) is 48.5 Å². The number of thiophene rings is 1. The molecule has 2 aliphatic carbocycles. The van der Waals surface area contributed by atoms with Gasteiger partial charge in [-0.15, -0.1) is 11.3 Å². The van der Waals surface area contributed by atoms with Crippen molar-refractivity contribution in [3.05, 3.63) is 81.2 Å². The lowest BCUT2D eigenvalue weighted by molar-refractivity contribution is 0.0696. The van der Waals surface area contributed by atoms with Gasteiger partial charge in [0.25, 0.3) is 11.8 Å². The van der Waals surface area contributed by atoms with Gasteiger partial charge in [0.1, 0.15) is 5.00 Å². The predicted molar refractivity (Wildman–Crippen MR) is 136 cm³/mol. The number of carboxylic acid groups (broad SMARTS) is 1. The molecular formula is C27H24N2O6S. The number of ether oxygens (including phenoxy) is 2. The summed E-state index contributed by atoms with van der Waals surface area (Å²) < 4.78 is 10.6. The molecule has 0 saturated heterocycles. The highest BCUT2D eigenvalue weighted by Crippen LogP contribution is 2.59. The summed E-state index contributed by atoms with van der Waals surface area (Å²) >= 11 is 1.43. The molecule has 0 aliphatic heterocycles. The van der Waals surface area contributed by atoms with Crippen LogP contribution in [0.25, 0.3) is 5.57 Å². The van der Waals surface area contributed by atoms with Gasteiger partial charge >= 0.3 is 5.97 Å². The van der Waals surface area contributed by atoms with Gasteiger partial charge in [-0.1, -0.05) is 12.1 Å². The number of allylic oxidation sites excluding steroid dienone is 2. The Hall–Kier alpha value is -4.11. The van der Waals surface area contributed by atoms with Crippen molar-refractivity contribution < 1.29 is 29.0 Å². The number of hydrogen-bond acceptors (Lipinski definition) is 6. The molecule has 0 saturated carbocycles. The fourth-order valence-corrected chi connectivity index (χ4v) is 6.03. The average Bonchev–Trinajstić information content (AvgIpc) is 3.45. The monoisotopic (exact) mass is 504 g/mol. The number of carbonyl (C=O) groups is 3. The highest BCUT2D eigenvalue weighted by molar-refractivity contribution is 7.17. The minimum absolute atomic E-state index is 0.0974. The topological polar surface area (TPSA) is 114 Å². The van der Waals surface area contributed by atoms with Crippen LogP contribution in [0, 0.1) is 0 Å². The van der Waals surface area contributed by atoms with Gasteiger partial charge in [0, 0.05) is 28.5 Å². The quantitative estimate of drug-likeness (QED) is 0.401. The molecule has 3 aromatic rings. The van der Waals surface area contributed by atoms with Crippen molar-refractivity contribution in [3.8, 4) is 11.5 Å². The third-order valence-electron chi connectivity index (χ3n) is 6.48. The molecule has 2 amide bonds. The van der Waals surface area contributed by atoms with E-state index in [0.29, 0.717) is 33.5 Å². The molecule has 36 heavy (non-hydrogen) atoms. The second kappa shape index (κ2) is 9.50. The summed E-state index contributed by atoms with van der Waals surface area (Å²) in [5, 5.41) is 15.4. The van der Waals surface area contributed by atoms with E-state index < -0.39 is 11.9 Å². The summed E-state index contributed by atoms with van der Waals surface area (Å²) in [4.78, 5) is 38.6. The van der Waals surface area contributed by atoms with E-state index >= 15 is 0 Å². The maximum absolute atomic E-state index is 13.4. The molecule has 1 unspecified atom stereocenters. The molecule has 2 aromatic carbocycles. The predicted octanol–water partition coefficient (Wildman–Crippen LogP) is 4.92. The number of nitrogens with one attached hydrogen (secondary N) is 2. The maximum atomic E-state index is 13.4. The minimum atomic E-state index is -1.06. The van der Waals surface area contributed by atoms with Crippen molar-refractivity contribution >= 4 is 39.7 Å². The van der Waals surface area contributed by atoms with Crippen LogP contribution in [0.1, 0.15) is 65.8 Å². The molecule has 1 aromatic heterocycles. The van der Waals surface area contributed by atoms with Crippen LogP contribution in [0.3, 0.4) is 0 Å². The van der Waals surface area contributed by atoms with E-state index in [1.807, 2.05) is 12.1 Å². The molecule has 0 fully saturated rings. The van der Waals surface area contributed by atoms with E-state index in [-0.39, 0.29) is 18.0 Å². The Bertz CT molecular complexity index is 1410.